The minimum Gasteiger partial charge on any atom is -0.507 e. The van der Waals surface area contributed by atoms with E-state index in [4.69, 9.17) is 16.3 Å². The van der Waals surface area contributed by atoms with E-state index in [9.17, 15) is 19.1 Å². The maximum atomic E-state index is 13.8. The monoisotopic (exact) mass is 520 g/mol. The SMILES string of the molecule is COc1c(Cl)cc(C)cc1/C(O)=C1\C(=O)C(=O)N(c2ccc(N3CCCC3)cc2)C1c1ccc(F)cc1. The molecule has 0 bridgehead atoms. The zero-order valence-corrected chi connectivity index (χ0v) is 21.3. The quantitative estimate of drug-likeness (QED) is 0.253. The Hall–Kier alpha value is -3.84. The van der Waals surface area contributed by atoms with Crippen LogP contribution in [0.1, 0.15) is 35.6 Å². The second-order valence-corrected chi connectivity index (χ2v) is 9.67. The van der Waals surface area contributed by atoms with E-state index in [0.29, 0.717) is 11.3 Å². The first-order chi connectivity index (χ1) is 17.8. The lowest BCUT2D eigenvalue weighted by atomic mass is 9.94. The summed E-state index contributed by atoms with van der Waals surface area (Å²) >= 11 is 6.35. The smallest absolute Gasteiger partial charge is 0.300 e. The van der Waals surface area contributed by atoms with Gasteiger partial charge in [0.15, 0.2) is 0 Å². The highest BCUT2D eigenvalue weighted by atomic mass is 35.5. The number of Topliss-reactive ketones (excluding diaryl/α,β-unsaturated/α-hetero) is 1. The van der Waals surface area contributed by atoms with Crippen LogP contribution in [0.5, 0.6) is 5.75 Å². The molecule has 5 rings (SSSR count). The van der Waals surface area contributed by atoms with Gasteiger partial charge >= 0.3 is 0 Å². The van der Waals surface area contributed by atoms with Gasteiger partial charge in [0.25, 0.3) is 11.7 Å². The molecule has 8 heteroatoms. The Morgan fingerprint density at radius 2 is 1.62 bits per heavy atom. The van der Waals surface area contributed by atoms with Gasteiger partial charge in [-0.15, -0.1) is 0 Å². The molecule has 0 aliphatic carbocycles. The number of halogens is 2. The fourth-order valence-electron chi connectivity index (χ4n) is 5.12. The Labute approximate surface area is 219 Å². The summed E-state index contributed by atoms with van der Waals surface area (Å²) in [6.45, 7) is 3.74. The molecule has 0 aromatic heterocycles. The number of benzene rings is 3. The van der Waals surface area contributed by atoms with Crippen molar-refractivity contribution < 1.29 is 23.8 Å². The number of aryl methyl sites for hydroxylation is 1. The van der Waals surface area contributed by atoms with E-state index in [-0.39, 0.29) is 21.9 Å². The number of carbonyl (C=O) groups is 2. The van der Waals surface area contributed by atoms with Gasteiger partial charge in [0, 0.05) is 24.5 Å². The standard InChI is InChI=1S/C29H26ClFN2O4/c1-17-15-22(28(37-2)23(30)16-17)26(34)24-25(18-5-7-19(31)8-6-18)33(29(36)27(24)35)21-11-9-20(10-12-21)32-13-3-4-14-32/h5-12,15-16,25,34H,3-4,13-14H2,1-2H3/b26-24+. The summed E-state index contributed by atoms with van der Waals surface area (Å²) in [5.74, 6) is -2.32. The fraction of sp³-hybridized carbons (Fsp3) is 0.241. The summed E-state index contributed by atoms with van der Waals surface area (Å²) in [7, 11) is 1.41. The van der Waals surface area contributed by atoms with E-state index >= 15 is 0 Å². The molecule has 0 spiro atoms. The highest BCUT2D eigenvalue weighted by molar-refractivity contribution is 6.51. The molecule has 1 amide bonds. The van der Waals surface area contributed by atoms with Crippen molar-refractivity contribution in [1.82, 2.24) is 0 Å². The van der Waals surface area contributed by atoms with Crippen LogP contribution in [0.25, 0.3) is 5.76 Å². The van der Waals surface area contributed by atoms with Crippen molar-refractivity contribution in [2.24, 2.45) is 0 Å². The van der Waals surface area contributed by atoms with Crippen molar-refractivity contribution in [1.29, 1.82) is 0 Å². The van der Waals surface area contributed by atoms with E-state index < -0.39 is 29.3 Å². The Morgan fingerprint density at radius 1 is 1.00 bits per heavy atom. The Bertz CT molecular complexity index is 1400. The normalized spacial score (nSPS) is 19.1. The Kier molecular flexibility index (Phi) is 6.65. The van der Waals surface area contributed by atoms with Gasteiger partial charge in [-0.25, -0.2) is 4.39 Å². The van der Waals surface area contributed by atoms with E-state index in [2.05, 4.69) is 4.90 Å². The first kappa shape index (κ1) is 24.8. The van der Waals surface area contributed by atoms with Gasteiger partial charge in [-0.1, -0.05) is 23.7 Å². The predicted octanol–water partition coefficient (Wildman–Crippen LogP) is 6.02. The molecule has 1 unspecified atom stereocenters. The van der Waals surface area contributed by atoms with Crippen LogP contribution in [-0.4, -0.2) is 37.0 Å². The number of nitrogens with zero attached hydrogens (tertiary/aromatic N) is 2. The van der Waals surface area contributed by atoms with E-state index in [0.717, 1.165) is 37.2 Å². The van der Waals surface area contributed by atoms with Gasteiger partial charge in [-0.05, 0) is 79.4 Å². The average molecular weight is 521 g/mol. The number of hydrogen-bond acceptors (Lipinski definition) is 5. The predicted molar refractivity (Wildman–Crippen MR) is 142 cm³/mol. The number of anilines is 2. The van der Waals surface area contributed by atoms with E-state index in [1.54, 1.807) is 31.2 Å². The molecule has 190 valence electrons. The zero-order chi connectivity index (χ0) is 26.3. The van der Waals surface area contributed by atoms with Gasteiger partial charge < -0.3 is 14.7 Å². The second kappa shape index (κ2) is 9.90. The maximum Gasteiger partial charge on any atom is 0.300 e. The molecule has 0 radical (unpaired) electrons. The molecule has 2 saturated heterocycles. The van der Waals surface area contributed by atoms with Crippen LogP contribution in [-0.2, 0) is 9.59 Å². The van der Waals surface area contributed by atoms with Gasteiger partial charge in [-0.3, -0.25) is 14.5 Å². The summed E-state index contributed by atoms with van der Waals surface area (Å²) < 4.78 is 19.2. The first-order valence-corrected chi connectivity index (χ1v) is 12.4. The van der Waals surface area contributed by atoms with Crippen LogP contribution < -0.4 is 14.5 Å². The molecule has 3 aromatic rings. The second-order valence-electron chi connectivity index (χ2n) is 9.26. The van der Waals surface area contributed by atoms with Gasteiger partial charge in [0.2, 0.25) is 0 Å². The number of hydrogen-bond donors (Lipinski definition) is 1. The number of carbonyl (C=O) groups excluding carboxylic acids is 2. The molecule has 6 nitrogen and oxygen atoms in total. The average Bonchev–Trinajstić information content (AvgIpc) is 3.51. The number of rotatable bonds is 5. The van der Waals surface area contributed by atoms with Crippen molar-refractivity contribution in [3.63, 3.8) is 0 Å². The van der Waals surface area contributed by atoms with E-state index in [1.807, 2.05) is 12.1 Å². The number of ether oxygens (including phenoxy) is 1. The molecule has 2 fully saturated rings. The number of amides is 1. The summed E-state index contributed by atoms with van der Waals surface area (Å²) in [6, 6.07) is 15.3. The number of aliphatic hydroxyl groups is 1. The van der Waals surface area contributed by atoms with Crippen molar-refractivity contribution in [2.75, 3.05) is 30.0 Å². The molecule has 3 aromatic carbocycles. The Morgan fingerprint density at radius 3 is 2.24 bits per heavy atom. The summed E-state index contributed by atoms with van der Waals surface area (Å²) in [5, 5.41) is 11.7. The highest BCUT2D eigenvalue weighted by Crippen LogP contribution is 2.44. The van der Waals surface area contributed by atoms with Gasteiger partial charge in [-0.2, -0.15) is 0 Å². The Balaban J connectivity index is 1.67. The lowest BCUT2D eigenvalue weighted by molar-refractivity contribution is -0.132. The third kappa shape index (κ3) is 4.44. The molecule has 2 aliphatic heterocycles. The minimum absolute atomic E-state index is 0.125. The third-order valence-electron chi connectivity index (χ3n) is 6.88. The third-order valence-corrected chi connectivity index (χ3v) is 7.16. The molecule has 0 saturated carbocycles. The summed E-state index contributed by atoms with van der Waals surface area (Å²) in [5.41, 5.74) is 2.81. The number of aliphatic hydroxyl groups excluding tert-OH is 1. The van der Waals surface area contributed by atoms with Crippen molar-refractivity contribution in [2.45, 2.75) is 25.8 Å². The van der Waals surface area contributed by atoms with Crippen LogP contribution in [0, 0.1) is 12.7 Å². The van der Waals surface area contributed by atoms with Crippen LogP contribution >= 0.6 is 11.6 Å². The molecule has 1 N–H and O–H groups in total. The van der Waals surface area contributed by atoms with Crippen LogP contribution in [0.4, 0.5) is 15.8 Å². The van der Waals surface area contributed by atoms with Crippen molar-refractivity contribution in [3.8, 4) is 5.75 Å². The molecule has 37 heavy (non-hydrogen) atoms. The molecular weight excluding hydrogens is 495 g/mol. The minimum atomic E-state index is -0.984. The van der Waals surface area contributed by atoms with Crippen LogP contribution in [0.2, 0.25) is 5.02 Å². The molecule has 1 atom stereocenters. The van der Waals surface area contributed by atoms with Gasteiger partial charge in [0.05, 0.1) is 29.3 Å². The zero-order valence-electron chi connectivity index (χ0n) is 20.5. The highest BCUT2D eigenvalue weighted by Gasteiger charge is 2.47. The first-order valence-electron chi connectivity index (χ1n) is 12.1. The van der Waals surface area contributed by atoms with Crippen molar-refractivity contribution in [3.05, 3.63) is 93.8 Å². The topological polar surface area (TPSA) is 70.1 Å². The summed E-state index contributed by atoms with van der Waals surface area (Å²) in [4.78, 5) is 30.5. The van der Waals surface area contributed by atoms with Crippen LogP contribution in [0.3, 0.4) is 0 Å². The van der Waals surface area contributed by atoms with Crippen LogP contribution in [0.15, 0.2) is 66.2 Å². The fourth-order valence-corrected chi connectivity index (χ4v) is 5.47. The maximum absolute atomic E-state index is 13.8. The lowest BCUT2D eigenvalue weighted by Crippen LogP contribution is -2.29. The molecule has 2 heterocycles. The van der Waals surface area contributed by atoms with Gasteiger partial charge in [0.1, 0.15) is 17.3 Å². The van der Waals surface area contributed by atoms with E-state index in [1.165, 1.54) is 36.3 Å². The number of methoxy groups -OCH3 is 1. The molecular formula is C29H26ClFN2O4. The number of ketones is 1. The summed E-state index contributed by atoms with van der Waals surface area (Å²) in [6.07, 6.45) is 2.26. The largest absolute Gasteiger partial charge is 0.507 e. The molecule has 2 aliphatic rings. The van der Waals surface area contributed by atoms with Crippen molar-refractivity contribution >= 4 is 40.4 Å². The lowest BCUT2D eigenvalue weighted by Gasteiger charge is -2.26.